The van der Waals surface area contributed by atoms with Crippen LogP contribution in [0.5, 0.6) is 0 Å². The topological polar surface area (TPSA) is 66.5 Å². The fourth-order valence-corrected chi connectivity index (χ4v) is 4.77. The number of hydrogen-bond acceptors (Lipinski definition) is 3. The van der Waals surface area contributed by atoms with Crippen molar-refractivity contribution in [3.63, 3.8) is 0 Å². The van der Waals surface area contributed by atoms with Crippen LogP contribution in [0.3, 0.4) is 0 Å². The summed E-state index contributed by atoms with van der Waals surface area (Å²) in [7, 11) is -3.69. The summed E-state index contributed by atoms with van der Waals surface area (Å²) in [6, 6.07) is 10.7. The molecular formula is C21H26N2O3S. The zero-order valence-corrected chi connectivity index (χ0v) is 17.1. The summed E-state index contributed by atoms with van der Waals surface area (Å²) in [6.07, 6.45) is 1.81. The Morgan fingerprint density at radius 3 is 2.52 bits per heavy atom. The van der Waals surface area contributed by atoms with Gasteiger partial charge in [-0.25, -0.2) is 8.42 Å². The van der Waals surface area contributed by atoms with E-state index in [1.807, 2.05) is 32.9 Å². The van der Waals surface area contributed by atoms with Crippen LogP contribution in [0.1, 0.15) is 37.0 Å². The van der Waals surface area contributed by atoms with Crippen LogP contribution in [-0.4, -0.2) is 20.9 Å². The number of sulfonamides is 1. The van der Waals surface area contributed by atoms with Crippen molar-refractivity contribution < 1.29 is 13.2 Å². The van der Waals surface area contributed by atoms with Gasteiger partial charge in [-0.15, -0.1) is 0 Å². The lowest BCUT2D eigenvalue weighted by Crippen LogP contribution is -2.38. The fraction of sp³-hybridized carbons (Fsp3) is 0.381. The first-order valence-electron chi connectivity index (χ1n) is 9.23. The minimum absolute atomic E-state index is 0.0605. The Morgan fingerprint density at radius 1 is 1.11 bits per heavy atom. The molecule has 0 unspecified atom stereocenters. The molecule has 0 aromatic heterocycles. The molecule has 0 saturated carbocycles. The maximum absolute atomic E-state index is 12.8. The zero-order valence-electron chi connectivity index (χ0n) is 16.2. The average molecular weight is 387 g/mol. The smallest absolute Gasteiger partial charge is 0.262 e. The van der Waals surface area contributed by atoms with E-state index in [-0.39, 0.29) is 16.7 Å². The Hall–Kier alpha value is -2.34. The van der Waals surface area contributed by atoms with Gasteiger partial charge in [-0.1, -0.05) is 37.6 Å². The summed E-state index contributed by atoms with van der Waals surface area (Å²) in [5, 5.41) is 0. The van der Waals surface area contributed by atoms with Crippen molar-refractivity contribution in [3.05, 3.63) is 53.1 Å². The Bertz CT molecular complexity index is 981. The van der Waals surface area contributed by atoms with Gasteiger partial charge in [-0.05, 0) is 56.0 Å². The molecule has 144 valence electrons. The third-order valence-electron chi connectivity index (χ3n) is 4.84. The van der Waals surface area contributed by atoms with Gasteiger partial charge in [0, 0.05) is 18.2 Å². The molecule has 0 aliphatic carbocycles. The maximum Gasteiger partial charge on any atom is 0.262 e. The molecule has 1 aliphatic rings. The van der Waals surface area contributed by atoms with E-state index in [4.69, 9.17) is 0 Å². The van der Waals surface area contributed by atoms with Crippen molar-refractivity contribution >= 4 is 27.3 Å². The minimum Gasteiger partial charge on any atom is -0.312 e. The molecule has 0 radical (unpaired) electrons. The van der Waals surface area contributed by atoms with E-state index >= 15 is 0 Å². The SMILES string of the molecule is Cc1ccc(S(=O)(=O)Nc2ccc3c(c2)N(C(=O)C(C)C)CCC3)c(C)c1. The second-order valence-corrected chi connectivity index (χ2v) is 9.12. The van der Waals surface area contributed by atoms with E-state index in [0.717, 1.165) is 29.7 Å². The number of carbonyl (C=O) groups is 1. The molecule has 1 aliphatic heterocycles. The van der Waals surface area contributed by atoms with E-state index < -0.39 is 10.0 Å². The molecule has 1 amide bonds. The molecule has 2 aromatic rings. The number of fused-ring (bicyclic) bond motifs is 1. The van der Waals surface area contributed by atoms with Crippen molar-refractivity contribution in [2.45, 2.75) is 45.4 Å². The number of amides is 1. The second-order valence-electron chi connectivity index (χ2n) is 7.47. The number of carbonyl (C=O) groups excluding carboxylic acids is 1. The summed E-state index contributed by atoms with van der Waals surface area (Å²) in [6.45, 7) is 8.14. The van der Waals surface area contributed by atoms with Gasteiger partial charge < -0.3 is 4.90 Å². The number of hydrogen-bond donors (Lipinski definition) is 1. The third kappa shape index (κ3) is 4.00. The van der Waals surface area contributed by atoms with E-state index in [1.54, 1.807) is 36.1 Å². The maximum atomic E-state index is 12.8. The van der Waals surface area contributed by atoms with E-state index in [1.165, 1.54) is 0 Å². The van der Waals surface area contributed by atoms with Crippen molar-refractivity contribution in [1.82, 2.24) is 0 Å². The van der Waals surface area contributed by atoms with Crippen molar-refractivity contribution in [2.75, 3.05) is 16.2 Å². The molecule has 0 atom stereocenters. The molecule has 2 aromatic carbocycles. The van der Waals surface area contributed by atoms with E-state index in [2.05, 4.69) is 4.72 Å². The Labute approximate surface area is 161 Å². The molecule has 3 rings (SSSR count). The van der Waals surface area contributed by atoms with Gasteiger partial charge in [0.15, 0.2) is 0 Å². The number of nitrogens with zero attached hydrogens (tertiary/aromatic N) is 1. The van der Waals surface area contributed by atoms with Crippen LogP contribution in [0.4, 0.5) is 11.4 Å². The molecular weight excluding hydrogens is 360 g/mol. The predicted molar refractivity (Wildman–Crippen MR) is 109 cm³/mol. The van der Waals surface area contributed by atoms with E-state index in [9.17, 15) is 13.2 Å². The van der Waals surface area contributed by atoms with Gasteiger partial charge in [0.05, 0.1) is 10.6 Å². The Balaban J connectivity index is 1.95. The van der Waals surface area contributed by atoms with Gasteiger partial charge in [0.2, 0.25) is 5.91 Å². The normalized spacial score (nSPS) is 14.2. The van der Waals surface area contributed by atoms with Gasteiger partial charge in [-0.3, -0.25) is 9.52 Å². The Morgan fingerprint density at radius 2 is 1.85 bits per heavy atom. The highest BCUT2D eigenvalue weighted by Gasteiger charge is 2.25. The molecule has 0 bridgehead atoms. The van der Waals surface area contributed by atoms with Crippen molar-refractivity contribution in [1.29, 1.82) is 0 Å². The first-order valence-corrected chi connectivity index (χ1v) is 10.7. The molecule has 0 spiro atoms. The summed E-state index contributed by atoms with van der Waals surface area (Å²) in [4.78, 5) is 14.6. The minimum atomic E-state index is -3.69. The monoisotopic (exact) mass is 386 g/mol. The van der Waals surface area contributed by atoms with Crippen LogP contribution < -0.4 is 9.62 Å². The van der Waals surface area contributed by atoms with Crippen LogP contribution in [0.2, 0.25) is 0 Å². The summed E-state index contributed by atoms with van der Waals surface area (Å²) in [5.74, 6) is -0.0446. The van der Waals surface area contributed by atoms with E-state index in [0.29, 0.717) is 17.8 Å². The van der Waals surface area contributed by atoms with Crippen LogP contribution in [0, 0.1) is 19.8 Å². The lowest BCUT2D eigenvalue weighted by atomic mass is 9.99. The van der Waals surface area contributed by atoms with Crippen LogP contribution >= 0.6 is 0 Å². The molecule has 0 saturated heterocycles. The summed E-state index contributed by atoms with van der Waals surface area (Å²) < 4.78 is 28.3. The van der Waals surface area contributed by atoms with Gasteiger partial charge in [0.1, 0.15) is 0 Å². The number of nitrogens with one attached hydrogen (secondary N) is 1. The molecule has 0 fully saturated rings. The molecule has 1 heterocycles. The molecule has 27 heavy (non-hydrogen) atoms. The number of aryl methyl sites for hydroxylation is 3. The molecule has 5 nitrogen and oxygen atoms in total. The van der Waals surface area contributed by atoms with Gasteiger partial charge in [-0.2, -0.15) is 0 Å². The first-order chi connectivity index (χ1) is 12.7. The van der Waals surface area contributed by atoms with Crippen LogP contribution in [-0.2, 0) is 21.2 Å². The standard InChI is InChI=1S/C21H26N2O3S/c1-14(2)21(24)23-11-5-6-17-8-9-18(13-19(17)23)22-27(25,26)20-10-7-15(3)12-16(20)4/h7-10,12-14,22H,5-6,11H2,1-4H3. The summed E-state index contributed by atoms with van der Waals surface area (Å²) >= 11 is 0. The molecule has 1 N–H and O–H groups in total. The number of benzene rings is 2. The summed E-state index contributed by atoms with van der Waals surface area (Å²) in [5.41, 5.74) is 4.07. The quantitative estimate of drug-likeness (QED) is 0.862. The fourth-order valence-electron chi connectivity index (χ4n) is 3.49. The lowest BCUT2D eigenvalue weighted by Gasteiger charge is -2.31. The van der Waals surface area contributed by atoms with Crippen LogP contribution in [0.25, 0.3) is 0 Å². The highest BCUT2D eigenvalue weighted by molar-refractivity contribution is 7.92. The predicted octanol–water partition coefficient (Wildman–Crippen LogP) is 4.04. The number of rotatable bonds is 4. The van der Waals surface area contributed by atoms with Gasteiger partial charge >= 0.3 is 0 Å². The highest BCUT2D eigenvalue weighted by atomic mass is 32.2. The first kappa shape index (κ1) is 19.4. The highest BCUT2D eigenvalue weighted by Crippen LogP contribution is 2.32. The van der Waals surface area contributed by atoms with Crippen molar-refractivity contribution in [2.24, 2.45) is 5.92 Å². The lowest BCUT2D eigenvalue weighted by molar-refractivity contribution is -0.121. The number of anilines is 2. The largest absolute Gasteiger partial charge is 0.312 e. The Kier molecular flexibility index (Phi) is 5.29. The van der Waals surface area contributed by atoms with Gasteiger partial charge in [0.25, 0.3) is 10.0 Å². The van der Waals surface area contributed by atoms with Crippen molar-refractivity contribution in [3.8, 4) is 0 Å². The molecule has 6 heteroatoms. The van der Waals surface area contributed by atoms with Crippen LogP contribution in [0.15, 0.2) is 41.3 Å². The third-order valence-corrected chi connectivity index (χ3v) is 6.38. The average Bonchev–Trinajstić information content (AvgIpc) is 2.59. The zero-order chi connectivity index (χ0) is 19.8. The second kappa shape index (κ2) is 7.35.